The van der Waals surface area contributed by atoms with Crippen LogP contribution in [-0.4, -0.2) is 20.6 Å². The minimum atomic E-state index is -3.71. The summed E-state index contributed by atoms with van der Waals surface area (Å²) in [6.07, 6.45) is 1.37. The molecule has 0 fully saturated rings. The summed E-state index contributed by atoms with van der Waals surface area (Å²) in [6.45, 7) is 1.90. The molecule has 142 valence electrons. The van der Waals surface area contributed by atoms with Crippen LogP contribution < -0.4 is 9.57 Å². The van der Waals surface area contributed by atoms with Gasteiger partial charge in [-0.05, 0) is 61.0 Å². The molecule has 0 atom stereocenters. The number of esters is 1. The van der Waals surface area contributed by atoms with Crippen molar-refractivity contribution >= 4 is 22.2 Å². The molecule has 0 unspecified atom stereocenters. The molecule has 1 N–H and O–H groups in total. The van der Waals surface area contributed by atoms with Gasteiger partial charge in [-0.1, -0.05) is 35.9 Å². The molecule has 0 saturated carbocycles. The number of hydrazone groups is 1. The minimum Gasteiger partial charge on any atom is -0.423 e. The zero-order valence-corrected chi connectivity index (χ0v) is 15.9. The van der Waals surface area contributed by atoms with E-state index in [4.69, 9.17) is 4.74 Å². The van der Waals surface area contributed by atoms with E-state index in [2.05, 4.69) is 9.93 Å². The number of carbonyl (C=O) groups is 1. The average molecular weight is 394 g/mol. The van der Waals surface area contributed by atoms with Crippen LogP contribution in [0.25, 0.3) is 0 Å². The van der Waals surface area contributed by atoms with E-state index in [1.165, 1.54) is 18.3 Å². The zero-order valence-electron chi connectivity index (χ0n) is 15.1. The topological polar surface area (TPSA) is 84.8 Å². The van der Waals surface area contributed by atoms with Gasteiger partial charge in [0.15, 0.2) is 0 Å². The predicted molar refractivity (Wildman–Crippen MR) is 107 cm³/mol. The Hall–Kier alpha value is -3.45. The normalized spacial score (nSPS) is 11.3. The number of rotatable bonds is 6. The summed E-state index contributed by atoms with van der Waals surface area (Å²) in [7, 11) is -3.71. The quantitative estimate of drug-likeness (QED) is 0.300. The highest BCUT2D eigenvalue weighted by molar-refractivity contribution is 7.89. The molecular weight excluding hydrogens is 376 g/mol. The second kappa shape index (κ2) is 8.49. The third-order valence-corrected chi connectivity index (χ3v) is 5.02. The van der Waals surface area contributed by atoms with Gasteiger partial charge in [0.2, 0.25) is 0 Å². The van der Waals surface area contributed by atoms with E-state index in [1.54, 1.807) is 60.7 Å². The zero-order chi connectivity index (χ0) is 20.0. The number of ether oxygens (including phenoxy) is 1. The Kier molecular flexibility index (Phi) is 5.86. The molecule has 0 aromatic heterocycles. The Morgan fingerprint density at radius 2 is 1.68 bits per heavy atom. The first kappa shape index (κ1) is 19.3. The number of hydrogen-bond donors (Lipinski definition) is 1. The third-order valence-electron chi connectivity index (χ3n) is 3.78. The van der Waals surface area contributed by atoms with Crippen molar-refractivity contribution in [3.63, 3.8) is 0 Å². The van der Waals surface area contributed by atoms with Gasteiger partial charge >= 0.3 is 5.97 Å². The Labute approximate surface area is 163 Å². The SMILES string of the molecule is Cc1cccc(C(=O)Oc2ccc(C=NNS(=O)(=O)c3ccccc3)cc2)c1. The van der Waals surface area contributed by atoms with Crippen LogP contribution in [0.4, 0.5) is 0 Å². The highest BCUT2D eigenvalue weighted by Crippen LogP contribution is 2.14. The number of hydrogen-bond acceptors (Lipinski definition) is 5. The molecule has 0 heterocycles. The van der Waals surface area contributed by atoms with Crippen molar-refractivity contribution in [1.29, 1.82) is 0 Å². The van der Waals surface area contributed by atoms with Gasteiger partial charge in [-0.3, -0.25) is 0 Å². The van der Waals surface area contributed by atoms with Crippen molar-refractivity contribution in [2.45, 2.75) is 11.8 Å². The fraction of sp³-hybridized carbons (Fsp3) is 0.0476. The fourth-order valence-corrected chi connectivity index (χ4v) is 3.19. The predicted octanol–water partition coefficient (Wildman–Crippen LogP) is 3.53. The number of nitrogens with one attached hydrogen (secondary N) is 1. The summed E-state index contributed by atoms with van der Waals surface area (Å²) in [5.74, 6) is -0.0609. The maximum absolute atomic E-state index is 12.1. The van der Waals surface area contributed by atoms with Gasteiger partial charge in [0.1, 0.15) is 5.75 Å². The summed E-state index contributed by atoms with van der Waals surface area (Å²) in [4.78, 5) is 14.4. The molecule has 0 amide bonds. The molecule has 0 radical (unpaired) electrons. The molecule has 0 bridgehead atoms. The van der Waals surface area contributed by atoms with Crippen LogP contribution in [0, 0.1) is 6.92 Å². The number of benzene rings is 3. The number of nitrogens with zero attached hydrogens (tertiary/aromatic N) is 1. The summed E-state index contributed by atoms with van der Waals surface area (Å²) >= 11 is 0. The smallest absolute Gasteiger partial charge is 0.343 e. The molecule has 7 heteroatoms. The summed E-state index contributed by atoms with van der Waals surface area (Å²) in [5, 5.41) is 3.77. The van der Waals surface area contributed by atoms with Crippen molar-refractivity contribution in [2.75, 3.05) is 0 Å². The first-order chi connectivity index (χ1) is 13.4. The van der Waals surface area contributed by atoms with Crippen LogP contribution in [0.5, 0.6) is 5.75 Å². The third kappa shape index (κ3) is 5.05. The Balaban J connectivity index is 1.61. The van der Waals surface area contributed by atoms with E-state index in [9.17, 15) is 13.2 Å². The minimum absolute atomic E-state index is 0.130. The van der Waals surface area contributed by atoms with Gasteiger partial charge in [0.05, 0.1) is 16.7 Å². The van der Waals surface area contributed by atoms with Crippen LogP contribution in [-0.2, 0) is 10.0 Å². The molecule has 0 aliphatic carbocycles. The van der Waals surface area contributed by atoms with Crippen molar-refractivity contribution in [3.05, 3.63) is 95.6 Å². The van der Waals surface area contributed by atoms with Gasteiger partial charge in [0.25, 0.3) is 10.0 Å². The van der Waals surface area contributed by atoms with Crippen LogP contribution in [0.1, 0.15) is 21.5 Å². The van der Waals surface area contributed by atoms with E-state index in [0.29, 0.717) is 16.9 Å². The molecule has 0 saturated heterocycles. The fourth-order valence-electron chi connectivity index (χ4n) is 2.38. The lowest BCUT2D eigenvalue weighted by Gasteiger charge is -2.05. The Morgan fingerprint density at radius 1 is 0.964 bits per heavy atom. The lowest BCUT2D eigenvalue weighted by atomic mass is 10.1. The molecule has 28 heavy (non-hydrogen) atoms. The molecule has 3 rings (SSSR count). The van der Waals surface area contributed by atoms with Gasteiger partial charge in [-0.15, -0.1) is 0 Å². The van der Waals surface area contributed by atoms with Crippen molar-refractivity contribution in [2.24, 2.45) is 5.10 Å². The molecule has 0 spiro atoms. The number of sulfonamides is 1. The molecule has 3 aromatic rings. The monoisotopic (exact) mass is 394 g/mol. The van der Waals surface area contributed by atoms with Crippen LogP contribution in [0.2, 0.25) is 0 Å². The van der Waals surface area contributed by atoms with E-state index < -0.39 is 16.0 Å². The first-order valence-corrected chi connectivity index (χ1v) is 9.91. The molecule has 3 aromatic carbocycles. The standard InChI is InChI=1S/C21H18N2O4S/c1-16-6-5-7-18(14-16)21(24)27-19-12-10-17(11-13-19)15-22-23-28(25,26)20-8-3-2-4-9-20/h2-15,23H,1H3. The van der Waals surface area contributed by atoms with Crippen molar-refractivity contribution in [3.8, 4) is 5.75 Å². The molecular formula is C21H18N2O4S. The van der Waals surface area contributed by atoms with Gasteiger partial charge < -0.3 is 4.74 Å². The summed E-state index contributed by atoms with van der Waals surface area (Å²) < 4.78 is 29.5. The maximum Gasteiger partial charge on any atom is 0.343 e. The van der Waals surface area contributed by atoms with E-state index in [0.717, 1.165) is 5.56 Å². The van der Waals surface area contributed by atoms with E-state index in [1.807, 2.05) is 13.0 Å². The first-order valence-electron chi connectivity index (χ1n) is 8.43. The molecule has 0 aliphatic heterocycles. The van der Waals surface area contributed by atoms with Crippen molar-refractivity contribution < 1.29 is 17.9 Å². The van der Waals surface area contributed by atoms with E-state index >= 15 is 0 Å². The second-order valence-electron chi connectivity index (χ2n) is 5.99. The van der Waals surface area contributed by atoms with Crippen LogP contribution >= 0.6 is 0 Å². The van der Waals surface area contributed by atoms with E-state index in [-0.39, 0.29) is 4.90 Å². The number of carbonyl (C=O) groups excluding carboxylic acids is 1. The van der Waals surface area contributed by atoms with Crippen molar-refractivity contribution in [1.82, 2.24) is 4.83 Å². The summed E-state index contributed by atoms with van der Waals surface area (Å²) in [6, 6.07) is 21.7. The van der Waals surface area contributed by atoms with Crippen LogP contribution in [0.15, 0.2) is 88.9 Å². The average Bonchev–Trinajstić information content (AvgIpc) is 2.70. The Bertz CT molecular complexity index is 1090. The molecule has 0 aliphatic rings. The Morgan fingerprint density at radius 3 is 2.36 bits per heavy atom. The molecule has 6 nitrogen and oxygen atoms in total. The number of aryl methyl sites for hydroxylation is 1. The largest absolute Gasteiger partial charge is 0.423 e. The highest BCUT2D eigenvalue weighted by atomic mass is 32.2. The van der Waals surface area contributed by atoms with Crippen LogP contribution in [0.3, 0.4) is 0 Å². The van der Waals surface area contributed by atoms with Gasteiger partial charge in [-0.2, -0.15) is 13.5 Å². The lowest BCUT2D eigenvalue weighted by Crippen LogP contribution is -2.18. The van der Waals surface area contributed by atoms with Gasteiger partial charge in [-0.25, -0.2) is 9.63 Å². The maximum atomic E-state index is 12.1. The van der Waals surface area contributed by atoms with Gasteiger partial charge in [0, 0.05) is 0 Å². The summed E-state index contributed by atoms with van der Waals surface area (Å²) in [5.41, 5.74) is 2.09. The highest BCUT2D eigenvalue weighted by Gasteiger charge is 2.11. The second-order valence-corrected chi connectivity index (χ2v) is 7.65. The lowest BCUT2D eigenvalue weighted by molar-refractivity contribution is 0.0734.